The summed E-state index contributed by atoms with van der Waals surface area (Å²) in [7, 11) is 0. The first-order valence-electron chi connectivity index (χ1n) is 11.9. The molecule has 0 bridgehead atoms. The van der Waals surface area contributed by atoms with Crippen LogP contribution in [0.1, 0.15) is 74.1 Å². The molecule has 2 rings (SSSR count). The average Bonchev–Trinajstić information content (AvgIpc) is 3.28. The van der Waals surface area contributed by atoms with E-state index in [1.165, 1.54) is 12.8 Å². The Labute approximate surface area is 203 Å². The first kappa shape index (κ1) is 34.4. The monoisotopic (exact) mass is 454 g/mol. The number of unbranched alkanes of at least 4 members (excludes halogenated alkanes) is 1. The molecule has 0 aliphatic carbocycles. The second-order valence-electron chi connectivity index (χ2n) is 5.41. The summed E-state index contributed by atoms with van der Waals surface area (Å²) < 4.78 is 7.35. The van der Waals surface area contributed by atoms with E-state index in [0.717, 1.165) is 0 Å². The van der Waals surface area contributed by atoms with Gasteiger partial charge in [-0.1, -0.05) is 105 Å². The van der Waals surface area contributed by atoms with Gasteiger partial charge in [0.15, 0.2) is 11.5 Å². The van der Waals surface area contributed by atoms with E-state index in [4.69, 9.17) is 4.74 Å². The predicted octanol–water partition coefficient (Wildman–Crippen LogP) is 8.48. The molecule has 0 N–H and O–H groups in total. The van der Waals surface area contributed by atoms with Gasteiger partial charge in [-0.3, -0.25) is 0 Å². The van der Waals surface area contributed by atoms with Gasteiger partial charge < -0.3 is 4.74 Å². The molecule has 33 heavy (non-hydrogen) atoms. The molecule has 0 amide bonds. The van der Waals surface area contributed by atoms with Crippen LogP contribution in [0.25, 0.3) is 5.65 Å². The van der Waals surface area contributed by atoms with Gasteiger partial charge in [0.25, 0.3) is 0 Å². The van der Waals surface area contributed by atoms with Gasteiger partial charge in [-0.2, -0.15) is 4.52 Å². The molecule has 0 atom stereocenters. The number of hydrogen-bond acceptors (Lipinski definition) is 4. The summed E-state index contributed by atoms with van der Waals surface area (Å²) in [6, 6.07) is 3.53. The summed E-state index contributed by atoms with van der Waals surface area (Å²) >= 11 is 0. The van der Waals surface area contributed by atoms with Gasteiger partial charge in [0.05, 0.1) is 0 Å². The van der Waals surface area contributed by atoms with Crippen LogP contribution in [0.5, 0.6) is 5.88 Å². The first-order chi connectivity index (χ1) is 16.2. The van der Waals surface area contributed by atoms with E-state index in [2.05, 4.69) is 61.0 Å². The lowest BCUT2D eigenvalue weighted by Crippen LogP contribution is -2.02. The van der Waals surface area contributed by atoms with E-state index in [-0.39, 0.29) is 0 Å². The highest BCUT2D eigenvalue weighted by atomic mass is 16.5. The number of aromatic nitrogens is 4. The fourth-order valence-corrected chi connectivity index (χ4v) is 1.98. The van der Waals surface area contributed by atoms with Crippen LogP contribution in [0.3, 0.4) is 0 Å². The van der Waals surface area contributed by atoms with Crippen molar-refractivity contribution in [3.8, 4) is 5.88 Å². The number of nitrogens with zero attached hydrogens (tertiary/aromatic N) is 4. The highest BCUT2D eigenvalue weighted by Crippen LogP contribution is 2.13. The van der Waals surface area contributed by atoms with E-state index >= 15 is 0 Å². The van der Waals surface area contributed by atoms with Crippen LogP contribution < -0.4 is 4.74 Å². The summed E-state index contributed by atoms with van der Waals surface area (Å²) in [4.78, 5) is 0. The highest BCUT2D eigenvalue weighted by Gasteiger charge is 2.07. The zero-order valence-corrected chi connectivity index (χ0v) is 22.2. The average molecular weight is 455 g/mol. The molecule has 0 unspecified atom stereocenters. The molecule has 0 radical (unpaired) electrons. The van der Waals surface area contributed by atoms with Crippen molar-refractivity contribution < 1.29 is 4.74 Å². The molecule has 0 saturated carbocycles. The Kier molecular flexibility index (Phi) is 28.0. The summed E-state index contributed by atoms with van der Waals surface area (Å²) in [6.07, 6.45) is 17.7. The molecule has 0 spiro atoms. The fraction of sp³-hybridized carbons (Fsp3) is 0.393. The minimum Gasteiger partial charge on any atom is -0.438 e. The zero-order valence-electron chi connectivity index (χ0n) is 22.2. The van der Waals surface area contributed by atoms with E-state index in [1.807, 2.05) is 41.5 Å². The molecule has 0 aliphatic rings. The van der Waals surface area contributed by atoms with Gasteiger partial charge in [0.2, 0.25) is 5.88 Å². The van der Waals surface area contributed by atoms with Crippen molar-refractivity contribution in [2.45, 2.75) is 74.7 Å². The van der Waals surface area contributed by atoms with Crippen molar-refractivity contribution in [1.29, 1.82) is 0 Å². The van der Waals surface area contributed by atoms with Gasteiger partial charge in [-0.15, -0.1) is 21.9 Å². The van der Waals surface area contributed by atoms with Crippen LogP contribution in [0, 0.1) is 0 Å². The second-order valence-corrected chi connectivity index (χ2v) is 5.41. The molecule has 5 heteroatoms. The van der Waals surface area contributed by atoms with Gasteiger partial charge >= 0.3 is 0 Å². The molecular weight excluding hydrogens is 408 g/mol. The molecular formula is C28H46N4O. The van der Waals surface area contributed by atoms with E-state index in [0.29, 0.717) is 29.5 Å². The maximum Gasteiger partial charge on any atom is 0.237 e. The molecule has 0 aliphatic heterocycles. The van der Waals surface area contributed by atoms with Crippen molar-refractivity contribution in [2.24, 2.45) is 0 Å². The summed E-state index contributed by atoms with van der Waals surface area (Å²) in [6.45, 7) is 27.2. The Hall–Kier alpha value is -3.21. The normalized spacial score (nSPS) is 9.88. The van der Waals surface area contributed by atoms with Crippen molar-refractivity contribution in [2.75, 3.05) is 0 Å². The molecule has 5 nitrogen and oxygen atoms in total. The number of fused-ring (bicyclic) bond motifs is 1. The van der Waals surface area contributed by atoms with Crippen LogP contribution in [-0.2, 0) is 6.42 Å². The third-order valence-electron chi connectivity index (χ3n) is 3.22. The van der Waals surface area contributed by atoms with Crippen molar-refractivity contribution in [3.05, 3.63) is 92.1 Å². The van der Waals surface area contributed by atoms with E-state index in [9.17, 15) is 0 Å². The van der Waals surface area contributed by atoms with Crippen LogP contribution in [0.2, 0.25) is 0 Å². The molecule has 0 aromatic carbocycles. The Morgan fingerprint density at radius 1 is 1.00 bits per heavy atom. The fourth-order valence-electron chi connectivity index (χ4n) is 1.98. The zero-order chi connectivity index (χ0) is 25.9. The standard InChI is InChI=1S/C16H16N4O.C6H12.3C2H6/c1-4-7-10-13(8-5-2)21-16-12-11-15-18-17-14(9-6-3)20(15)19-16;1-3-5-6-4-2;3*1-2/h4-8,10-12H,1-3,9H2;3,5H,4,6H2,1-2H3;3*1-2H3/b10-7-,13-8+;5-3-;;;. The van der Waals surface area contributed by atoms with Crippen molar-refractivity contribution >= 4 is 5.65 Å². The van der Waals surface area contributed by atoms with Crippen LogP contribution in [0.4, 0.5) is 0 Å². The third-order valence-corrected chi connectivity index (χ3v) is 3.22. The lowest BCUT2D eigenvalue weighted by molar-refractivity contribution is 0.417. The Morgan fingerprint density at radius 3 is 2.15 bits per heavy atom. The number of hydrogen-bond donors (Lipinski definition) is 0. The predicted molar refractivity (Wildman–Crippen MR) is 147 cm³/mol. The third kappa shape index (κ3) is 16.1. The summed E-state index contributed by atoms with van der Waals surface area (Å²) in [5.74, 6) is 1.76. The van der Waals surface area contributed by atoms with Crippen LogP contribution >= 0.6 is 0 Å². The Morgan fingerprint density at radius 2 is 1.67 bits per heavy atom. The van der Waals surface area contributed by atoms with Gasteiger partial charge in [-0.05, 0) is 31.6 Å². The maximum atomic E-state index is 5.71. The lowest BCUT2D eigenvalue weighted by atomic mass is 10.3. The smallest absolute Gasteiger partial charge is 0.237 e. The van der Waals surface area contributed by atoms with E-state index in [1.54, 1.807) is 53.1 Å². The summed E-state index contributed by atoms with van der Waals surface area (Å²) in [5, 5.41) is 12.5. The topological polar surface area (TPSA) is 52.3 Å². The molecule has 184 valence electrons. The minimum atomic E-state index is 0.439. The number of ether oxygens (including phenoxy) is 1. The SMILES string of the molecule is C/C=C\CCC.C=C/C=C\C(=C/C=C)Oc1ccc2nnc(CC=C)n2n1.CC.CC.CC. The quantitative estimate of drug-likeness (QED) is 0.216. The summed E-state index contributed by atoms with van der Waals surface area (Å²) in [5.41, 5.74) is 0.662. The largest absolute Gasteiger partial charge is 0.438 e. The van der Waals surface area contributed by atoms with Gasteiger partial charge in [0, 0.05) is 12.5 Å². The minimum absolute atomic E-state index is 0.439. The van der Waals surface area contributed by atoms with Gasteiger partial charge in [-0.25, -0.2) is 0 Å². The second kappa shape index (κ2) is 26.8. The van der Waals surface area contributed by atoms with Crippen LogP contribution in [0.15, 0.2) is 86.2 Å². The first-order valence-corrected chi connectivity index (χ1v) is 11.9. The highest BCUT2D eigenvalue weighted by molar-refractivity contribution is 5.38. The Balaban J connectivity index is -0.000000635. The Bertz CT molecular complexity index is 830. The van der Waals surface area contributed by atoms with Crippen LogP contribution in [-0.4, -0.2) is 19.8 Å². The molecule has 0 fully saturated rings. The van der Waals surface area contributed by atoms with Crippen molar-refractivity contribution in [3.63, 3.8) is 0 Å². The van der Waals surface area contributed by atoms with Crippen molar-refractivity contribution in [1.82, 2.24) is 19.8 Å². The molecule has 2 aromatic heterocycles. The van der Waals surface area contributed by atoms with Gasteiger partial charge in [0.1, 0.15) is 5.76 Å². The molecule has 0 saturated heterocycles. The lowest BCUT2D eigenvalue weighted by Gasteiger charge is -2.05. The maximum absolute atomic E-state index is 5.71. The molecule has 2 heterocycles. The number of rotatable bonds is 9. The number of allylic oxidation sites excluding steroid dienone is 8. The van der Waals surface area contributed by atoms with E-state index < -0.39 is 0 Å². The molecule has 2 aromatic rings.